The van der Waals surface area contributed by atoms with Gasteiger partial charge < -0.3 is 24.4 Å². The van der Waals surface area contributed by atoms with E-state index < -0.39 is 29.2 Å². The largest absolute Gasteiger partial charge is 0.496 e. The van der Waals surface area contributed by atoms with Gasteiger partial charge in [-0.3, -0.25) is 0 Å². The number of benzene rings is 1. The van der Waals surface area contributed by atoms with E-state index >= 15 is 0 Å². The molecule has 2 saturated heterocycles. The highest BCUT2D eigenvalue weighted by molar-refractivity contribution is 5.51. The molecule has 3 fully saturated rings. The van der Waals surface area contributed by atoms with Crippen LogP contribution in [0.25, 0.3) is 0 Å². The van der Waals surface area contributed by atoms with Crippen molar-refractivity contribution in [2.24, 2.45) is 23.2 Å². The number of aliphatic hydroxyl groups is 2. The van der Waals surface area contributed by atoms with Crippen LogP contribution in [-0.2, 0) is 15.1 Å². The Kier molecular flexibility index (Phi) is 4.15. The highest BCUT2D eigenvalue weighted by Crippen LogP contribution is 2.73. The third-order valence-corrected chi connectivity index (χ3v) is 9.60. The van der Waals surface area contributed by atoms with E-state index in [-0.39, 0.29) is 17.3 Å². The molecule has 166 valence electrons. The molecule has 0 aromatic heterocycles. The molecule has 5 rings (SSSR count). The zero-order chi connectivity index (χ0) is 21.9. The highest BCUT2D eigenvalue weighted by atomic mass is 16.7. The average Bonchev–Trinajstić information content (AvgIpc) is 2.99. The van der Waals surface area contributed by atoms with Crippen LogP contribution in [0.15, 0.2) is 12.1 Å². The van der Waals surface area contributed by atoms with Crippen LogP contribution >= 0.6 is 0 Å². The molecule has 4 aliphatic rings. The summed E-state index contributed by atoms with van der Waals surface area (Å²) >= 11 is 0. The second kappa shape index (κ2) is 6.00. The van der Waals surface area contributed by atoms with Gasteiger partial charge in [-0.1, -0.05) is 26.8 Å². The van der Waals surface area contributed by atoms with Gasteiger partial charge in [0, 0.05) is 17.3 Å². The Morgan fingerprint density at radius 3 is 2.37 bits per heavy atom. The lowest BCUT2D eigenvalue weighted by molar-refractivity contribution is -0.393. The monoisotopic (exact) mass is 416 g/mol. The van der Waals surface area contributed by atoms with Gasteiger partial charge in [0.2, 0.25) is 0 Å². The van der Waals surface area contributed by atoms with Crippen molar-refractivity contribution in [1.82, 2.24) is 0 Å². The summed E-state index contributed by atoms with van der Waals surface area (Å²) in [6, 6.07) is 4.06. The first-order valence-electron chi connectivity index (χ1n) is 11.4. The molecule has 1 aromatic carbocycles. The van der Waals surface area contributed by atoms with Gasteiger partial charge in [0.15, 0.2) is 5.79 Å². The number of rotatable bonds is 1. The number of hydrogen-bond acceptors (Lipinski definition) is 5. The molecule has 1 aromatic rings. The maximum atomic E-state index is 11.4. The van der Waals surface area contributed by atoms with E-state index in [2.05, 4.69) is 26.8 Å². The standard InChI is InChI=1S/C25H36O5/c1-13-19(28-7)9-8-17-20(13)18(26)12-23(6)16-10-11-24(17,23)30-25(14(16)2)21(27)15(3)22(4,5)29-25/h8-9,14-16,18,21,26-27H,10-12H2,1-7H3. The molecule has 5 nitrogen and oxygen atoms in total. The zero-order valence-corrected chi connectivity index (χ0v) is 19.3. The van der Waals surface area contributed by atoms with Crippen molar-refractivity contribution in [2.75, 3.05) is 7.11 Å². The Bertz CT molecular complexity index is 896. The summed E-state index contributed by atoms with van der Waals surface area (Å²) in [5.41, 5.74) is 1.67. The van der Waals surface area contributed by atoms with E-state index in [1.165, 1.54) is 0 Å². The van der Waals surface area contributed by atoms with Gasteiger partial charge in [-0.2, -0.15) is 0 Å². The minimum atomic E-state index is -1.03. The van der Waals surface area contributed by atoms with Crippen molar-refractivity contribution >= 4 is 0 Å². The second-order valence-corrected chi connectivity index (χ2v) is 11.0. The molecule has 2 N–H and O–H groups in total. The van der Waals surface area contributed by atoms with E-state index in [1.54, 1.807) is 7.11 Å². The van der Waals surface area contributed by atoms with Crippen molar-refractivity contribution in [3.8, 4) is 5.75 Å². The average molecular weight is 417 g/mol. The minimum Gasteiger partial charge on any atom is -0.496 e. The molecule has 2 bridgehead atoms. The van der Waals surface area contributed by atoms with Crippen LogP contribution in [0.3, 0.4) is 0 Å². The van der Waals surface area contributed by atoms with Gasteiger partial charge >= 0.3 is 0 Å². The fourth-order valence-electron chi connectivity index (χ4n) is 7.64. The number of ether oxygens (including phenoxy) is 3. The Morgan fingerprint density at radius 1 is 1.07 bits per heavy atom. The summed E-state index contributed by atoms with van der Waals surface area (Å²) in [4.78, 5) is 0. The number of aliphatic hydroxyl groups excluding tert-OH is 2. The number of fused-ring (bicyclic) bond motifs is 1. The molecule has 1 spiro atoms. The fraction of sp³-hybridized carbons (Fsp3) is 0.760. The van der Waals surface area contributed by atoms with Gasteiger partial charge in [0.05, 0.1) is 18.8 Å². The van der Waals surface area contributed by atoms with Gasteiger partial charge in [-0.05, 0) is 68.7 Å². The number of methoxy groups -OCH3 is 1. The van der Waals surface area contributed by atoms with Crippen LogP contribution in [0.1, 0.15) is 76.7 Å². The third-order valence-electron chi connectivity index (χ3n) is 9.60. The van der Waals surface area contributed by atoms with Crippen LogP contribution in [0.2, 0.25) is 0 Å². The van der Waals surface area contributed by atoms with Crippen molar-refractivity contribution in [2.45, 2.75) is 90.0 Å². The van der Waals surface area contributed by atoms with Crippen molar-refractivity contribution in [3.05, 3.63) is 28.8 Å². The molecule has 8 unspecified atom stereocenters. The van der Waals surface area contributed by atoms with Gasteiger partial charge in [0.1, 0.15) is 17.5 Å². The van der Waals surface area contributed by atoms with E-state index in [1.807, 2.05) is 26.8 Å². The van der Waals surface area contributed by atoms with Gasteiger partial charge in [-0.15, -0.1) is 0 Å². The quantitative estimate of drug-likeness (QED) is 0.717. The molecule has 2 aliphatic carbocycles. The molecular weight excluding hydrogens is 380 g/mol. The Labute approximate surface area is 179 Å². The normalized spacial score (nSPS) is 48.5. The fourth-order valence-corrected chi connectivity index (χ4v) is 7.64. The molecule has 2 heterocycles. The second-order valence-electron chi connectivity index (χ2n) is 11.0. The van der Waals surface area contributed by atoms with Crippen molar-refractivity contribution in [3.63, 3.8) is 0 Å². The van der Waals surface area contributed by atoms with Crippen molar-refractivity contribution < 1.29 is 24.4 Å². The van der Waals surface area contributed by atoms with E-state index in [0.717, 1.165) is 35.3 Å². The summed E-state index contributed by atoms with van der Waals surface area (Å²) in [6.07, 6.45) is 1.27. The predicted molar refractivity (Wildman–Crippen MR) is 113 cm³/mol. The van der Waals surface area contributed by atoms with Crippen LogP contribution in [0, 0.1) is 30.1 Å². The first kappa shape index (κ1) is 20.7. The lowest BCUT2D eigenvalue weighted by Gasteiger charge is -2.62. The van der Waals surface area contributed by atoms with Gasteiger partial charge in [-0.25, -0.2) is 0 Å². The minimum absolute atomic E-state index is 0.0328. The molecule has 0 radical (unpaired) electrons. The van der Waals surface area contributed by atoms with Gasteiger partial charge in [0.25, 0.3) is 0 Å². The first-order valence-corrected chi connectivity index (χ1v) is 11.4. The van der Waals surface area contributed by atoms with Crippen molar-refractivity contribution in [1.29, 1.82) is 0 Å². The first-order chi connectivity index (χ1) is 13.9. The topological polar surface area (TPSA) is 68.2 Å². The van der Waals surface area contributed by atoms with Crippen LogP contribution in [0.4, 0.5) is 0 Å². The maximum Gasteiger partial charge on any atom is 0.199 e. The SMILES string of the molecule is COc1ccc2c(c1C)C(O)CC1(C)C3CCC21OC1(OC(C)(C)C(C)C1O)C3C. The summed E-state index contributed by atoms with van der Waals surface area (Å²) in [7, 11) is 1.66. The predicted octanol–water partition coefficient (Wildman–Crippen LogP) is 4.22. The Morgan fingerprint density at radius 2 is 1.77 bits per heavy atom. The van der Waals surface area contributed by atoms with E-state index in [0.29, 0.717) is 12.3 Å². The number of hydrogen-bond donors (Lipinski definition) is 2. The van der Waals surface area contributed by atoms with Crippen LogP contribution in [0.5, 0.6) is 5.75 Å². The highest BCUT2D eigenvalue weighted by Gasteiger charge is 2.76. The molecule has 1 saturated carbocycles. The molecule has 5 heteroatoms. The lowest BCUT2D eigenvalue weighted by Crippen LogP contribution is -2.66. The Hall–Kier alpha value is -1.14. The summed E-state index contributed by atoms with van der Waals surface area (Å²) in [5.74, 6) is 0.0499. The third kappa shape index (κ3) is 2.13. The van der Waals surface area contributed by atoms with E-state index in [9.17, 15) is 10.2 Å². The Balaban J connectivity index is 1.73. The molecule has 0 amide bonds. The zero-order valence-electron chi connectivity index (χ0n) is 19.3. The van der Waals surface area contributed by atoms with Crippen LogP contribution < -0.4 is 4.74 Å². The molecular formula is C25H36O5. The van der Waals surface area contributed by atoms with Crippen LogP contribution in [-0.4, -0.2) is 34.8 Å². The molecule has 30 heavy (non-hydrogen) atoms. The summed E-state index contributed by atoms with van der Waals surface area (Å²) < 4.78 is 19.3. The van der Waals surface area contributed by atoms with E-state index in [4.69, 9.17) is 14.2 Å². The molecule has 2 aliphatic heterocycles. The molecule has 8 atom stereocenters. The summed E-state index contributed by atoms with van der Waals surface area (Å²) in [6.45, 7) is 12.6. The smallest absolute Gasteiger partial charge is 0.199 e. The lowest BCUT2D eigenvalue weighted by atomic mass is 9.54. The maximum absolute atomic E-state index is 11.4. The summed E-state index contributed by atoms with van der Waals surface area (Å²) in [5, 5.41) is 22.7.